The lowest BCUT2D eigenvalue weighted by Crippen LogP contribution is -2.43. The largest absolute Gasteiger partial charge is 0.475 e. The van der Waals surface area contributed by atoms with Crippen LogP contribution in [0.3, 0.4) is 0 Å². The average molecular weight is 281 g/mol. The van der Waals surface area contributed by atoms with Crippen molar-refractivity contribution < 1.29 is 9.13 Å². The molecule has 0 amide bonds. The Labute approximate surface area is 120 Å². The van der Waals surface area contributed by atoms with E-state index in [4.69, 9.17) is 4.74 Å². The Morgan fingerprint density at radius 2 is 2.15 bits per heavy atom. The predicted molar refractivity (Wildman–Crippen MR) is 77.3 cm³/mol. The van der Waals surface area contributed by atoms with Crippen molar-refractivity contribution in [3.8, 4) is 5.88 Å². The van der Waals surface area contributed by atoms with Crippen molar-refractivity contribution in [1.29, 1.82) is 0 Å². The second-order valence-electron chi connectivity index (χ2n) is 6.27. The minimum absolute atomic E-state index is 0.0999. The second-order valence-corrected chi connectivity index (χ2v) is 6.27. The molecule has 5 heteroatoms. The third-order valence-corrected chi connectivity index (χ3v) is 3.82. The molecule has 4 nitrogen and oxygen atoms in total. The van der Waals surface area contributed by atoms with Gasteiger partial charge in [-0.2, -0.15) is 0 Å². The average Bonchev–Trinajstić information content (AvgIpc) is 3.19. The summed E-state index contributed by atoms with van der Waals surface area (Å²) in [6.45, 7) is 5.31. The van der Waals surface area contributed by atoms with Gasteiger partial charge in [-0.3, -0.25) is 0 Å². The van der Waals surface area contributed by atoms with Gasteiger partial charge in [-0.25, -0.2) is 9.37 Å². The van der Waals surface area contributed by atoms with Crippen molar-refractivity contribution >= 4 is 0 Å². The molecule has 0 radical (unpaired) electrons. The zero-order chi connectivity index (χ0) is 14.8. The quantitative estimate of drug-likeness (QED) is 0.831. The zero-order valence-electron chi connectivity index (χ0n) is 12.7. The fourth-order valence-electron chi connectivity index (χ4n) is 1.64. The van der Waals surface area contributed by atoms with Crippen molar-refractivity contribution in [2.75, 3.05) is 20.7 Å². The third kappa shape index (κ3) is 4.15. The number of hydrogen-bond donors (Lipinski definition) is 1. The number of hydrogen-bond acceptors (Lipinski definition) is 4. The summed E-state index contributed by atoms with van der Waals surface area (Å²) in [4.78, 5) is 6.18. The Morgan fingerprint density at radius 3 is 2.75 bits per heavy atom. The minimum atomic E-state index is -0.322. The van der Waals surface area contributed by atoms with Crippen LogP contribution < -0.4 is 10.1 Å². The molecule has 1 aromatic rings. The number of likely N-dealkylation sites (N-methyl/N-ethyl adjacent to an activating group) is 1. The number of halogens is 1. The number of aromatic nitrogens is 1. The lowest BCUT2D eigenvalue weighted by atomic mass is 10.1. The molecule has 1 fully saturated rings. The molecule has 1 heterocycles. The van der Waals surface area contributed by atoms with Gasteiger partial charge in [0.1, 0.15) is 12.4 Å². The molecule has 0 atom stereocenters. The van der Waals surface area contributed by atoms with Gasteiger partial charge in [0.25, 0.3) is 0 Å². The topological polar surface area (TPSA) is 37.4 Å². The van der Waals surface area contributed by atoms with Crippen LogP contribution >= 0.6 is 0 Å². The second kappa shape index (κ2) is 6.06. The van der Waals surface area contributed by atoms with E-state index >= 15 is 0 Å². The number of nitrogens with one attached hydrogen (secondary N) is 1. The van der Waals surface area contributed by atoms with Crippen molar-refractivity contribution in [2.24, 2.45) is 0 Å². The Hall–Kier alpha value is -1.20. The molecule has 1 aliphatic carbocycles. The summed E-state index contributed by atoms with van der Waals surface area (Å²) in [6.07, 6.45) is 3.61. The molecule has 0 spiro atoms. The van der Waals surface area contributed by atoms with E-state index in [0.29, 0.717) is 25.1 Å². The highest BCUT2D eigenvalue weighted by Crippen LogP contribution is 2.23. The van der Waals surface area contributed by atoms with E-state index < -0.39 is 0 Å². The summed E-state index contributed by atoms with van der Waals surface area (Å²) < 4.78 is 19.1. The van der Waals surface area contributed by atoms with Gasteiger partial charge in [-0.05, 0) is 46.9 Å². The van der Waals surface area contributed by atoms with E-state index in [2.05, 4.69) is 29.0 Å². The third-order valence-electron chi connectivity index (χ3n) is 3.82. The van der Waals surface area contributed by atoms with Crippen molar-refractivity contribution in [3.05, 3.63) is 23.6 Å². The molecule has 0 aromatic carbocycles. The van der Waals surface area contributed by atoms with E-state index in [1.807, 2.05) is 14.1 Å². The molecule has 1 N–H and O–H groups in total. The van der Waals surface area contributed by atoms with Gasteiger partial charge in [-0.1, -0.05) is 0 Å². The van der Waals surface area contributed by atoms with Crippen molar-refractivity contribution in [3.63, 3.8) is 0 Å². The van der Waals surface area contributed by atoms with Crippen LogP contribution in [0.4, 0.5) is 4.39 Å². The van der Waals surface area contributed by atoms with Gasteiger partial charge < -0.3 is 15.0 Å². The van der Waals surface area contributed by atoms with E-state index in [9.17, 15) is 4.39 Å². The zero-order valence-corrected chi connectivity index (χ0v) is 12.7. The standard InChI is InChI=1S/C15H24FN3O/c1-15(2,19(3)4)10-20-14-11(7-12(16)9-18-14)8-17-13-5-6-13/h7,9,13,17H,5-6,8,10H2,1-4H3. The number of nitrogens with zero attached hydrogens (tertiary/aromatic N) is 2. The highest BCUT2D eigenvalue weighted by atomic mass is 19.1. The molecule has 0 unspecified atom stereocenters. The highest BCUT2D eigenvalue weighted by Gasteiger charge is 2.24. The Morgan fingerprint density at radius 1 is 1.45 bits per heavy atom. The molecule has 0 saturated heterocycles. The van der Waals surface area contributed by atoms with E-state index in [1.165, 1.54) is 25.1 Å². The summed E-state index contributed by atoms with van der Waals surface area (Å²) in [5.74, 6) is 0.200. The first-order chi connectivity index (χ1) is 9.38. The van der Waals surface area contributed by atoms with Crippen molar-refractivity contribution in [2.45, 2.75) is 44.8 Å². The lowest BCUT2D eigenvalue weighted by molar-refractivity contribution is 0.110. The number of ether oxygens (including phenoxy) is 1. The summed E-state index contributed by atoms with van der Waals surface area (Å²) in [5, 5.41) is 3.36. The molecular formula is C15H24FN3O. The highest BCUT2D eigenvalue weighted by molar-refractivity contribution is 5.26. The lowest BCUT2D eigenvalue weighted by Gasteiger charge is -2.32. The maximum atomic E-state index is 13.3. The van der Waals surface area contributed by atoms with Crippen LogP contribution in [0.5, 0.6) is 5.88 Å². The number of pyridine rings is 1. The monoisotopic (exact) mass is 281 g/mol. The van der Waals surface area contributed by atoms with Crippen LogP contribution in [0.15, 0.2) is 12.3 Å². The molecule has 2 rings (SSSR count). The van der Waals surface area contributed by atoms with Gasteiger partial charge in [-0.15, -0.1) is 0 Å². The Bertz CT molecular complexity index is 458. The van der Waals surface area contributed by atoms with Crippen LogP contribution in [0.25, 0.3) is 0 Å². The fourth-order valence-corrected chi connectivity index (χ4v) is 1.64. The van der Waals surface area contributed by atoms with Gasteiger partial charge in [0.2, 0.25) is 5.88 Å². The first-order valence-corrected chi connectivity index (χ1v) is 7.06. The van der Waals surface area contributed by atoms with Gasteiger partial charge in [0, 0.05) is 23.7 Å². The Kier molecular flexibility index (Phi) is 4.60. The molecule has 1 aliphatic rings. The van der Waals surface area contributed by atoms with E-state index in [-0.39, 0.29) is 11.4 Å². The molecular weight excluding hydrogens is 257 g/mol. The van der Waals surface area contributed by atoms with Crippen LogP contribution in [-0.4, -0.2) is 42.2 Å². The van der Waals surface area contributed by atoms with E-state index in [1.54, 1.807) is 0 Å². The first kappa shape index (κ1) is 15.2. The summed E-state index contributed by atoms with van der Waals surface area (Å²) in [6, 6.07) is 2.07. The SMILES string of the molecule is CN(C)C(C)(C)COc1ncc(F)cc1CNC1CC1. The Balaban J connectivity index is 2.01. The molecule has 0 aliphatic heterocycles. The smallest absolute Gasteiger partial charge is 0.218 e. The fraction of sp³-hybridized carbons (Fsp3) is 0.667. The summed E-state index contributed by atoms with van der Waals surface area (Å²) in [5.41, 5.74) is 0.684. The molecule has 0 bridgehead atoms. The number of rotatable bonds is 7. The summed E-state index contributed by atoms with van der Waals surface area (Å²) >= 11 is 0. The van der Waals surface area contributed by atoms with Crippen LogP contribution in [0.1, 0.15) is 32.3 Å². The molecule has 112 valence electrons. The molecule has 1 saturated carbocycles. The van der Waals surface area contributed by atoms with Gasteiger partial charge in [0.05, 0.1) is 6.20 Å². The van der Waals surface area contributed by atoms with Gasteiger partial charge in [0.15, 0.2) is 0 Å². The minimum Gasteiger partial charge on any atom is -0.475 e. The molecule has 1 aromatic heterocycles. The normalized spacial score (nSPS) is 15.7. The van der Waals surface area contributed by atoms with Crippen LogP contribution in [0, 0.1) is 5.82 Å². The molecule has 20 heavy (non-hydrogen) atoms. The predicted octanol–water partition coefficient (Wildman–Crippen LogP) is 2.19. The first-order valence-electron chi connectivity index (χ1n) is 7.06. The van der Waals surface area contributed by atoms with Crippen LogP contribution in [-0.2, 0) is 6.54 Å². The van der Waals surface area contributed by atoms with E-state index in [0.717, 1.165) is 5.56 Å². The van der Waals surface area contributed by atoms with Gasteiger partial charge >= 0.3 is 0 Å². The maximum Gasteiger partial charge on any atom is 0.218 e. The van der Waals surface area contributed by atoms with Crippen LogP contribution in [0.2, 0.25) is 0 Å². The van der Waals surface area contributed by atoms with Crippen molar-refractivity contribution in [1.82, 2.24) is 15.2 Å². The summed E-state index contributed by atoms with van der Waals surface area (Å²) in [7, 11) is 4.02. The maximum absolute atomic E-state index is 13.3.